The van der Waals surface area contributed by atoms with E-state index in [-0.39, 0.29) is 5.69 Å². The fraction of sp³-hybridized carbons (Fsp3) is 0. The molecule has 1 amide bonds. The van der Waals surface area contributed by atoms with Gasteiger partial charge in [-0.1, -0.05) is 12.1 Å². The fourth-order valence-corrected chi connectivity index (χ4v) is 0.997. The van der Waals surface area contributed by atoms with Gasteiger partial charge in [0.05, 0.1) is 10.5 Å². The maximum atomic E-state index is 10.6. The standard InChI is InChI=1S/C9H8N2O4/c12-9(13)10-6-5-7-3-1-2-4-8(7)11(14)15/h1-6,10H,(H,12,13). The highest BCUT2D eigenvalue weighted by atomic mass is 16.6. The highest BCUT2D eigenvalue weighted by Gasteiger charge is 2.08. The predicted octanol–water partition coefficient (Wildman–Crippen LogP) is 1.83. The van der Waals surface area contributed by atoms with Crippen LogP contribution in [-0.4, -0.2) is 16.1 Å². The van der Waals surface area contributed by atoms with Gasteiger partial charge in [-0.25, -0.2) is 4.79 Å². The first-order valence-electron chi connectivity index (χ1n) is 4.00. The average Bonchev–Trinajstić information content (AvgIpc) is 2.17. The summed E-state index contributed by atoms with van der Waals surface area (Å²) < 4.78 is 0. The number of carbonyl (C=O) groups is 1. The maximum Gasteiger partial charge on any atom is 0.408 e. The van der Waals surface area contributed by atoms with Crippen LogP contribution >= 0.6 is 0 Å². The molecule has 0 bridgehead atoms. The number of benzene rings is 1. The molecule has 0 aromatic heterocycles. The fourth-order valence-electron chi connectivity index (χ4n) is 0.997. The van der Waals surface area contributed by atoms with Crippen LogP contribution in [0, 0.1) is 10.1 Å². The summed E-state index contributed by atoms with van der Waals surface area (Å²) in [6.07, 6.45) is 1.24. The molecule has 0 unspecified atom stereocenters. The largest absolute Gasteiger partial charge is 0.465 e. The van der Waals surface area contributed by atoms with Gasteiger partial charge in [-0.2, -0.15) is 0 Å². The van der Waals surface area contributed by atoms with Gasteiger partial charge in [0.15, 0.2) is 0 Å². The SMILES string of the molecule is O=C(O)NC=Cc1ccccc1[N+](=O)[O-]. The van der Waals surface area contributed by atoms with Crippen LogP contribution in [0.4, 0.5) is 10.5 Å². The second-order valence-electron chi connectivity index (χ2n) is 2.60. The smallest absolute Gasteiger partial charge is 0.408 e. The zero-order valence-electron chi connectivity index (χ0n) is 7.58. The number of carboxylic acid groups (broad SMARTS) is 1. The highest BCUT2D eigenvalue weighted by Crippen LogP contribution is 2.18. The van der Waals surface area contributed by atoms with Crippen LogP contribution in [0.2, 0.25) is 0 Å². The van der Waals surface area contributed by atoms with Crippen LogP contribution in [0.5, 0.6) is 0 Å². The Hall–Kier alpha value is -2.37. The van der Waals surface area contributed by atoms with Crippen LogP contribution < -0.4 is 5.32 Å². The number of hydrogen-bond acceptors (Lipinski definition) is 3. The quantitative estimate of drug-likeness (QED) is 0.585. The number of nitrogens with one attached hydrogen (secondary N) is 1. The number of nitrogens with zero attached hydrogens (tertiary/aromatic N) is 1. The normalized spacial score (nSPS) is 10.1. The Kier molecular flexibility index (Phi) is 3.39. The Morgan fingerprint density at radius 2 is 2.13 bits per heavy atom. The molecule has 0 fully saturated rings. The molecule has 78 valence electrons. The molecule has 2 N–H and O–H groups in total. The lowest BCUT2D eigenvalue weighted by molar-refractivity contribution is -0.385. The lowest BCUT2D eigenvalue weighted by Gasteiger charge is -1.96. The topological polar surface area (TPSA) is 92.5 Å². The Balaban J connectivity index is 2.89. The summed E-state index contributed by atoms with van der Waals surface area (Å²) in [5.74, 6) is 0. The van der Waals surface area contributed by atoms with Crippen molar-refractivity contribution in [3.63, 3.8) is 0 Å². The minimum atomic E-state index is -1.22. The number of nitro benzene ring substituents is 1. The van der Waals surface area contributed by atoms with Crippen molar-refractivity contribution in [1.29, 1.82) is 0 Å². The number of para-hydroxylation sites is 1. The molecule has 0 saturated heterocycles. The molecule has 0 heterocycles. The summed E-state index contributed by atoms with van der Waals surface area (Å²) >= 11 is 0. The van der Waals surface area contributed by atoms with Crippen LogP contribution in [0.3, 0.4) is 0 Å². The third-order valence-corrected chi connectivity index (χ3v) is 1.60. The molecule has 0 aliphatic rings. The molecule has 0 saturated carbocycles. The van der Waals surface area contributed by atoms with E-state index in [0.29, 0.717) is 5.56 Å². The van der Waals surface area contributed by atoms with Crippen LogP contribution in [0.15, 0.2) is 30.5 Å². The molecule has 0 atom stereocenters. The second-order valence-corrected chi connectivity index (χ2v) is 2.60. The first kappa shape index (κ1) is 10.7. The van der Waals surface area contributed by atoms with E-state index in [0.717, 1.165) is 6.20 Å². The second kappa shape index (κ2) is 4.75. The molecule has 6 nitrogen and oxygen atoms in total. The first-order chi connectivity index (χ1) is 7.11. The molecule has 1 aromatic rings. The third-order valence-electron chi connectivity index (χ3n) is 1.60. The monoisotopic (exact) mass is 208 g/mol. The number of rotatable bonds is 3. The Bertz CT molecular complexity index is 414. The molecule has 0 aliphatic heterocycles. The van der Waals surface area contributed by atoms with Crippen molar-refractivity contribution in [2.75, 3.05) is 0 Å². The van der Waals surface area contributed by atoms with E-state index in [1.165, 1.54) is 18.2 Å². The zero-order chi connectivity index (χ0) is 11.3. The van der Waals surface area contributed by atoms with Gasteiger partial charge in [-0.3, -0.25) is 15.4 Å². The Labute approximate surface area is 85.0 Å². The molecular formula is C9H8N2O4. The van der Waals surface area contributed by atoms with E-state index in [1.807, 2.05) is 5.32 Å². The van der Waals surface area contributed by atoms with Gasteiger partial charge in [0.2, 0.25) is 0 Å². The van der Waals surface area contributed by atoms with Crippen molar-refractivity contribution < 1.29 is 14.8 Å². The number of nitro groups is 1. The van der Waals surface area contributed by atoms with Crippen molar-refractivity contribution in [3.05, 3.63) is 46.1 Å². The van der Waals surface area contributed by atoms with Crippen molar-refractivity contribution >= 4 is 17.9 Å². The van der Waals surface area contributed by atoms with Gasteiger partial charge in [-0.15, -0.1) is 0 Å². The summed E-state index contributed by atoms with van der Waals surface area (Å²) in [5, 5.41) is 20.8. The lowest BCUT2D eigenvalue weighted by atomic mass is 10.2. The molecular weight excluding hydrogens is 200 g/mol. The van der Waals surface area contributed by atoms with Crippen LogP contribution in [-0.2, 0) is 0 Å². The zero-order valence-corrected chi connectivity index (χ0v) is 7.58. The van der Waals surface area contributed by atoms with E-state index in [1.54, 1.807) is 12.1 Å². The number of hydrogen-bond donors (Lipinski definition) is 2. The lowest BCUT2D eigenvalue weighted by Crippen LogP contribution is -2.12. The van der Waals surface area contributed by atoms with E-state index >= 15 is 0 Å². The number of amides is 1. The summed E-state index contributed by atoms with van der Waals surface area (Å²) in [4.78, 5) is 20.1. The van der Waals surface area contributed by atoms with Crippen molar-refractivity contribution in [3.8, 4) is 0 Å². The molecule has 1 rings (SSSR count). The molecule has 0 aliphatic carbocycles. The van der Waals surface area contributed by atoms with E-state index in [9.17, 15) is 14.9 Å². The summed E-state index contributed by atoms with van der Waals surface area (Å²) in [5.41, 5.74) is 0.275. The first-order valence-corrected chi connectivity index (χ1v) is 4.00. The summed E-state index contributed by atoms with van der Waals surface area (Å²) in [6.45, 7) is 0. The summed E-state index contributed by atoms with van der Waals surface area (Å²) in [7, 11) is 0. The van der Waals surface area contributed by atoms with Crippen molar-refractivity contribution in [2.24, 2.45) is 0 Å². The van der Waals surface area contributed by atoms with Crippen molar-refractivity contribution in [1.82, 2.24) is 5.32 Å². The Morgan fingerprint density at radius 3 is 2.73 bits per heavy atom. The van der Waals surface area contributed by atoms with Crippen LogP contribution in [0.25, 0.3) is 6.08 Å². The van der Waals surface area contributed by atoms with E-state index in [4.69, 9.17) is 5.11 Å². The van der Waals surface area contributed by atoms with Gasteiger partial charge in [-0.05, 0) is 12.1 Å². The van der Waals surface area contributed by atoms with Crippen LogP contribution in [0.1, 0.15) is 5.56 Å². The molecule has 0 radical (unpaired) electrons. The molecule has 6 heteroatoms. The van der Waals surface area contributed by atoms with Crippen molar-refractivity contribution in [2.45, 2.75) is 0 Å². The maximum absolute atomic E-state index is 10.6. The minimum Gasteiger partial charge on any atom is -0.465 e. The van der Waals surface area contributed by atoms with Gasteiger partial charge in [0.1, 0.15) is 0 Å². The average molecular weight is 208 g/mol. The Morgan fingerprint density at radius 1 is 1.47 bits per heavy atom. The van der Waals surface area contributed by atoms with Gasteiger partial charge >= 0.3 is 6.09 Å². The van der Waals surface area contributed by atoms with Gasteiger partial charge in [0.25, 0.3) is 5.69 Å². The van der Waals surface area contributed by atoms with E-state index in [2.05, 4.69) is 0 Å². The van der Waals surface area contributed by atoms with E-state index < -0.39 is 11.0 Å². The predicted molar refractivity (Wildman–Crippen MR) is 53.3 cm³/mol. The van der Waals surface area contributed by atoms with Gasteiger partial charge < -0.3 is 5.11 Å². The summed E-state index contributed by atoms with van der Waals surface area (Å²) in [6, 6.07) is 6.05. The molecule has 1 aromatic carbocycles. The van der Waals surface area contributed by atoms with Gasteiger partial charge in [0, 0.05) is 12.3 Å². The third kappa shape index (κ3) is 3.11. The molecule has 15 heavy (non-hydrogen) atoms. The minimum absolute atomic E-state index is 0.0686. The molecule has 0 spiro atoms. The highest BCUT2D eigenvalue weighted by molar-refractivity contribution is 5.68.